The van der Waals surface area contributed by atoms with Crippen LogP contribution in [0.2, 0.25) is 0 Å². The molecule has 0 bridgehead atoms. The Labute approximate surface area is 163 Å². The maximum Gasteiger partial charge on any atom is 0.305 e. The van der Waals surface area contributed by atoms with Gasteiger partial charge in [0, 0.05) is 18.4 Å². The maximum absolute atomic E-state index is 11.8. The Balaban J connectivity index is 4.48. The standard InChI is InChI=1S/C22H35NO4/c1-7-17(4)22(27)18(5)13-16(3)10-8-9-15(2)11-12-20(24)23-19(6)14-21(25)26/h7-8,10-11,13,18-19,22,27H,9,12,14H2,1-6H3,(H,23,24)(H,25,26)/b10-8+,15-11+,16-13+,17-7+/t18-,19?,22+/m1/s1. The van der Waals surface area contributed by atoms with Gasteiger partial charge in [-0.2, -0.15) is 0 Å². The van der Waals surface area contributed by atoms with Crippen LogP contribution < -0.4 is 5.32 Å². The number of hydrogen-bond donors (Lipinski definition) is 3. The van der Waals surface area contributed by atoms with Gasteiger partial charge in [-0.05, 0) is 46.6 Å². The first-order valence-electron chi connectivity index (χ1n) is 9.39. The van der Waals surface area contributed by atoms with Crippen molar-refractivity contribution in [3.63, 3.8) is 0 Å². The summed E-state index contributed by atoms with van der Waals surface area (Å²) in [5.41, 5.74) is 3.11. The number of carboxylic acids is 1. The minimum Gasteiger partial charge on any atom is -0.481 e. The van der Waals surface area contributed by atoms with Crippen LogP contribution in [-0.2, 0) is 9.59 Å². The minimum atomic E-state index is -0.925. The molecule has 1 amide bonds. The van der Waals surface area contributed by atoms with Crippen molar-refractivity contribution in [2.75, 3.05) is 0 Å². The normalized spacial score (nSPS) is 16.9. The molecule has 1 unspecified atom stereocenters. The van der Waals surface area contributed by atoms with Gasteiger partial charge >= 0.3 is 5.97 Å². The van der Waals surface area contributed by atoms with Crippen LogP contribution >= 0.6 is 0 Å². The third-order valence-electron chi connectivity index (χ3n) is 4.29. The molecule has 3 atom stereocenters. The zero-order valence-corrected chi connectivity index (χ0v) is 17.5. The van der Waals surface area contributed by atoms with Gasteiger partial charge in [-0.25, -0.2) is 0 Å². The molecule has 0 aromatic heterocycles. The second kappa shape index (κ2) is 13.1. The van der Waals surface area contributed by atoms with Crippen LogP contribution in [0.3, 0.4) is 0 Å². The van der Waals surface area contributed by atoms with Crippen molar-refractivity contribution in [1.29, 1.82) is 0 Å². The Morgan fingerprint density at radius 2 is 1.74 bits per heavy atom. The summed E-state index contributed by atoms with van der Waals surface area (Å²) in [7, 11) is 0. The summed E-state index contributed by atoms with van der Waals surface area (Å²) in [6, 6.07) is -0.375. The first kappa shape index (κ1) is 24.9. The molecule has 0 aliphatic heterocycles. The lowest BCUT2D eigenvalue weighted by Gasteiger charge is -2.16. The number of carbonyl (C=O) groups is 2. The van der Waals surface area contributed by atoms with Crippen molar-refractivity contribution in [3.8, 4) is 0 Å². The van der Waals surface area contributed by atoms with Crippen molar-refractivity contribution in [2.45, 2.75) is 73.0 Å². The number of allylic oxidation sites excluding steroid dienone is 5. The topological polar surface area (TPSA) is 86.6 Å². The van der Waals surface area contributed by atoms with Crippen LogP contribution in [0.1, 0.15) is 60.8 Å². The van der Waals surface area contributed by atoms with Crippen LogP contribution in [0.5, 0.6) is 0 Å². The Kier molecular flexibility index (Phi) is 12.1. The second-order valence-corrected chi connectivity index (χ2v) is 7.17. The van der Waals surface area contributed by atoms with Gasteiger partial charge in [-0.1, -0.05) is 48.5 Å². The predicted molar refractivity (Wildman–Crippen MR) is 110 cm³/mol. The monoisotopic (exact) mass is 377 g/mol. The van der Waals surface area contributed by atoms with Gasteiger partial charge in [0.2, 0.25) is 5.91 Å². The van der Waals surface area contributed by atoms with Gasteiger partial charge in [0.05, 0.1) is 12.5 Å². The predicted octanol–water partition coefficient (Wildman–Crippen LogP) is 4.16. The first-order valence-corrected chi connectivity index (χ1v) is 9.39. The maximum atomic E-state index is 11.8. The number of aliphatic hydroxyl groups excluding tert-OH is 1. The number of amides is 1. The van der Waals surface area contributed by atoms with Crippen LogP contribution in [0, 0.1) is 5.92 Å². The highest BCUT2D eigenvalue weighted by molar-refractivity contribution is 5.78. The van der Waals surface area contributed by atoms with E-state index < -0.39 is 12.1 Å². The van der Waals surface area contributed by atoms with Gasteiger partial charge < -0.3 is 15.5 Å². The van der Waals surface area contributed by atoms with Gasteiger partial charge in [-0.15, -0.1) is 0 Å². The molecule has 0 heterocycles. The molecule has 0 fully saturated rings. The summed E-state index contributed by atoms with van der Waals surface area (Å²) in [4.78, 5) is 22.4. The molecule has 0 rings (SSSR count). The average Bonchev–Trinajstić information content (AvgIpc) is 2.57. The lowest BCUT2D eigenvalue weighted by atomic mass is 9.96. The van der Waals surface area contributed by atoms with Crippen LogP contribution in [0.15, 0.2) is 47.1 Å². The number of aliphatic carboxylic acids is 1. The van der Waals surface area contributed by atoms with Crippen LogP contribution in [-0.4, -0.2) is 34.2 Å². The van der Waals surface area contributed by atoms with Crippen LogP contribution in [0.4, 0.5) is 0 Å². The number of nitrogens with one attached hydrogen (secondary N) is 1. The summed E-state index contributed by atoms with van der Waals surface area (Å²) >= 11 is 0. The molecular weight excluding hydrogens is 342 g/mol. The first-order chi connectivity index (χ1) is 12.6. The fourth-order valence-electron chi connectivity index (χ4n) is 2.57. The molecule has 5 nitrogen and oxygen atoms in total. The molecule has 0 spiro atoms. The summed E-state index contributed by atoms with van der Waals surface area (Å²) in [5.74, 6) is -1.06. The summed E-state index contributed by atoms with van der Waals surface area (Å²) < 4.78 is 0. The largest absolute Gasteiger partial charge is 0.481 e. The molecule has 0 saturated heterocycles. The number of carboxylic acid groups (broad SMARTS) is 1. The lowest BCUT2D eigenvalue weighted by molar-refractivity contribution is -0.137. The van der Waals surface area contributed by atoms with E-state index in [4.69, 9.17) is 5.11 Å². The van der Waals surface area contributed by atoms with Crippen molar-refractivity contribution in [3.05, 3.63) is 47.1 Å². The number of aliphatic hydroxyl groups is 1. The van der Waals surface area contributed by atoms with E-state index in [0.29, 0.717) is 0 Å². The van der Waals surface area contributed by atoms with Gasteiger partial charge in [0.15, 0.2) is 0 Å². The Morgan fingerprint density at radius 1 is 1.11 bits per heavy atom. The Morgan fingerprint density at radius 3 is 2.30 bits per heavy atom. The summed E-state index contributed by atoms with van der Waals surface area (Å²) in [6.45, 7) is 11.5. The smallest absolute Gasteiger partial charge is 0.305 e. The molecule has 0 aromatic rings. The highest BCUT2D eigenvalue weighted by Gasteiger charge is 2.12. The molecule has 27 heavy (non-hydrogen) atoms. The van der Waals surface area contributed by atoms with E-state index in [1.807, 2.05) is 65.0 Å². The van der Waals surface area contributed by atoms with Gasteiger partial charge in [0.25, 0.3) is 0 Å². The van der Waals surface area contributed by atoms with Crippen molar-refractivity contribution >= 4 is 11.9 Å². The SMILES string of the molecule is C/C=C(\C)[C@H](O)[C@H](C)/C=C(C)/C=C/C/C(C)=C/CC(=O)NC(C)CC(=O)O. The molecule has 3 N–H and O–H groups in total. The Bertz CT molecular complexity index is 614. The number of hydrogen-bond acceptors (Lipinski definition) is 3. The van der Waals surface area contributed by atoms with E-state index in [9.17, 15) is 14.7 Å². The Hall–Kier alpha value is -2.14. The fraction of sp³-hybridized carbons (Fsp3) is 0.545. The van der Waals surface area contributed by atoms with Gasteiger partial charge in [0.1, 0.15) is 0 Å². The molecule has 0 aliphatic carbocycles. The molecule has 0 aliphatic rings. The molecule has 0 saturated carbocycles. The third kappa shape index (κ3) is 12.0. The average molecular weight is 378 g/mol. The fourth-order valence-corrected chi connectivity index (χ4v) is 2.57. The lowest BCUT2D eigenvalue weighted by Crippen LogP contribution is -2.33. The van der Waals surface area contributed by atoms with Gasteiger partial charge in [-0.3, -0.25) is 9.59 Å². The second-order valence-electron chi connectivity index (χ2n) is 7.17. The van der Waals surface area contributed by atoms with Crippen molar-refractivity contribution in [1.82, 2.24) is 5.32 Å². The van der Waals surface area contributed by atoms with Crippen molar-refractivity contribution < 1.29 is 19.8 Å². The summed E-state index contributed by atoms with van der Waals surface area (Å²) in [6.07, 6.45) is 10.3. The van der Waals surface area contributed by atoms with Crippen molar-refractivity contribution in [2.24, 2.45) is 5.92 Å². The minimum absolute atomic E-state index is 0.0407. The molecular formula is C22H35NO4. The number of carbonyl (C=O) groups excluding carboxylic acids is 1. The van der Waals surface area contributed by atoms with E-state index in [1.165, 1.54) is 0 Å². The molecule has 0 radical (unpaired) electrons. The van der Waals surface area contributed by atoms with E-state index in [0.717, 1.165) is 23.1 Å². The third-order valence-corrected chi connectivity index (χ3v) is 4.29. The zero-order valence-electron chi connectivity index (χ0n) is 17.5. The highest BCUT2D eigenvalue weighted by atomic mass is 16.4. The van der Waals surface area contributed by atoms with Crippen LogP contribution in [0.25, 0.3) is 0 Å². The molecule has 5 heteroatoms. The molecule has 152 valence electrons. The van der Waals surface area contributed by atoms with E-state index in [-0.39, 0.29) is 30.7 Å². The molecule has 0 aromatic carbocycles. The quantitative estimate of drug-likeness (QED) is 0.373. The number of rotatable bonds is 11. The van der Waals surface area contributed by atoms with E-state index >= 15 is 0 Å². The van der Waals surface area contributed by atoms with E-state index in [2.05, 4.69) is 5.32 Å². The zero-order chi connectivity index (χ0) is 21.0. The van der Waals surface area contributed by atoms with E-state index in [1.54, 1.807) is 6.92 Å². The highest BCUT2D eigenvalue weighted by Crippen LogP contribution is 2.16. The summed E-state index contributed by atoms with van der Waals surface area (Å²) in [5, 5.41) is 21.5.